The summed E-state index contributed by atoms with van der Waals surface area (Å²) in [6.45, 7) is 0. The van der Waals surface area contributed by atoms with Gasteiger partial charge in [-0.05, 0) is 23.8 Å². The average molecular weight is 284 g/mol. The van der Waals surface area contributed by atoms with E-state index in [0.29, 0.717) is 12.2 Å². The SMILES string of the molecule is NC(=O)C(Cc1ccccc1)NC(=O)/C=C/c1ccco1. The Morgan fingerprint density at radius 2 is 1.95 bits per heavy atom. The van der Waals surface area contributed by atoms with E-state index < -0.39 is 17.9 Å². The number of nitrogens with two attached hydrogens (primary N) is 1. The fourth-order valence-corrected chi connectivity index (χ4v) is 1.84. The summed E-state index contributed by atoms with van der Waals surface area (Å²) in [6, 6.07) is 12.1. The van der Waals surface area contributed by atoms with Crippen LogP contribution in [0.1, 0.15) is 11.3 Å². The van der Waals surface area contributed by atoms with Gasteiger partial charge in [-0.1, -0.05) is 30.3 Å². The first-order valence-corrected chi connectivity index (χ1v) is 6.50. The van der Waals surface area contributed by atoms with Crippen molar-refractivity contribution in [1.82, 2.24) is 5.32 Å². The van der Waals surface area contributed by atoms with Gasteiger partial charge in [-0.3, -0.25) is 9.59 Å². The summed E-state index contributed by atoms with van der Waals surface area (Å²) in [7, 11) is 0. The third-order valence-corrected chi connectivity index (χ3v) is 2.88. The zero-order valence-corrected chi connectivity index (χ0v) is 11.4. The summed E-state index contributed by atoms with van der Waals surface area (Å²) in [5.41, 5.74) is 6.25. The van der Waals surface area contributed by atoms with Crippen LogP contribution in [0.4, 0.5) is 0 Å². The lowest BCUT2D eigenvalue weighted by Gasteiger charge is -2.14. The van der Waals surface area contributed by atoms with E-state index >= 15 is 0 Å². The molecular formula is C16H16N2O3. The van der Waals surface area contributed by atoms with Crippen LogP contribution in [-0.2, 0) is 16.0 Å². The van der Waals surface area contributed by atoms with Crippen molar-refractivity contribution in [1.29, 1.82) is 0 Å². The first-order valence-electron chi connectivity index (χ1n) is 6.50. The lowest BCUT2D eigenvalue weighted by Crippen LogP contribution is -2.45. The molecule has 1 aromatic carbocycles. The second-order valence-electron chi connectivity index (χ2n) is 4.50. The van der Waals surface area contributed by atoms with Crippen LogP contribution in [0.2, 0.25) is 0 Å². The molecule has 2 rings (SSSR count). The van der Waals surface area contributed by atoms with Gasteiger partial charge in [-0.2, -0.15) is 0 Å². The summed E-state index contributed by atoms with van der Waals surface area (Å²) in [4.78, 5) is 23.2. The Morgan fingerprint density at radius 3 is 2.57 bits per heavy atom. The van der Waals surface area contributed by atoms with Crippen LogP contribution in [0.3, 0.4) is 0 Å². The van der Waals surface area contributed by atoms with Crippen LogP contribution in [0, 0.1) is 0 Å². The third-order valence-electron chi connectivity index (χ3n) is 2.88. The van der Waals surface area contributed by atoms with Crippen molar-refractivity contribution in [3.63, 3.8) is 0 Å². The molecule has 2 aromatic rings. The summed E-state index contributed by atoms with van der Waals surface area (Å²) in [5.74, 6) is -0.409. The summed E-state index contributed by atoms with van der Waals surface area (Å²) >= 11 is 0. The van der Waals surface area contributed by atoms with E-state index in [2.05, 4.69) is 5.32 Å². The van der Waals surface area contributed by atoms with Gasteiger partial charge in [0.1, 0.15) is 11.8 Å². The van der Waals surface area contributed by atoms with Crippen LogP contribution in [0.15, 0.2) is 59.2 Å². The molecule has 0 saturated carbocycles. The Bertz CT molecular complexity index is 618. The lowest BCUT2D eigenvalue weighted by molar-refractivity contribution is -0.124. The highest BCUT2D eigenvalue weighted by Gasteiger charge is 2.17. The molecule has 1 heterocycles. The highest BCUT2D eigenvalue weighted by molar-refractivity contribution is 5.95. The molecule has 0 aliphatic carbocycles. The Kier molecular flexibility index (Phi) is 4.93. The van der Waals surface area contributed by atoms with Gasteiger partial charge < -0.3 is 15.5 Å². The van der Waals surface area contributed by atoms with E-state index in [4.69, 9.17) is 10.2 Å². The van der Waals surface area contributed by atoms with Crippen molar-refractivity contribution in [3.05, 3.63) is 66.1 Å². The van der Waals surface area contributed by atoms with E-state index in [-0.39, 0.29) is 0 Å². The average Bonchev–Trinajstić information content (AvgIpc) is 2.99. The molecular weight excluding hydrogens is 268 g/mol. The molecule has 2 amide bonds. The van der Waals surface area contributed by atoms with Crippen LogP contribution in [-0.4, -0.2) is 17.9 Å². The fourth-order valence-electron chi connectivity index (χ4n) is 1.84. The quantitative estimate of drug-likeness (QED) is 0.788. The smallest absolute Gasteiger partial charge is 0.244 e. The second kappa shape index (κ2) is 7.09. The van der Waals surface area contributed by atoms with E-state index in [1.807, 2.05) is 30.3 Å². The maximum absolute atomic E-state index is 11.8. The number of furan rings is 1. The number of carbonyl (C=O) groups is 2. The molecule has 5 nitrogen and oxygen atoms in total. The molecule has 0 bridgehead atoms. The monoisotopic (exact) mass is 284 g/mol. The molecule has 3 N–H and O–H groups in total. The van der Waals surface area contributed by atoms with Crippen molar-refractivity contribution >= 4 is 17.9 Å². The van der Waals surface area contributed by atoms with Crippen molar-refractivity contribution in [2.75, 3.05) is 0 Å². The topological polar surface area (TPSA) is 85.3 Å². The summed E-state index contributed by atoms with van der Waals surface area (Å²) in [5, 5.41) is 2.59. The molecule has 0 aliphatic heterocycles. The van der Waals surface area contributed by atoms with Crippen molar-refractivity contribution in [2.24, 2.45) is 5.73 Å². The van der Waals surface area contributed by atoms with Gasteiger partial charge in [0, 0.05) is 12.5 Å². The Morgan fingerprint density at radius 1 is 1.19 bits per heavy atom. The number of nitrogens with one attached hydrogen (secondary N) is 1. The van der Waals surface area contributed by atoms with Crippen molar-refractivity contribution in [2.45, 2.75) is 12.5 Å². The fraction of sp³-hybridized carbons (Fsp3) is 0.125. The molecule has 1 unspecified atom stereocenters. The van der Waals surface area contributed by atoms with Gasteiger partial charge in [0.2, 0.25) is 11.8 Å². The molecule has 21 heavy (non-hydrogen) atoms. The molecule has 5 heteroatoms. The minimum absolute atomic E-state index is 0.358. The van der Waals surface area contributed by atoms with E-state index in [0.717, 1.165) is 5.56 Å². The van der Waals surface area contributed by atoms with E-state index in [1.54, 1.807) is 12.1 Å². The zero-order valence-electron chi connectivity index (χ0n) is 11.4. The predicted octanol–water partition coefficient (Wildman–Crippen LogP) is 1.51. The number of primary amides is 1. The van der Waals surface area contributed by atoms with Gasteiger partial charge in [0.15, 0.2) is 0 Å². The Labute approximate surface area is 122 Å². The van der Waals surface area contributed by atoms with Gasteiger partial charge in [-0.25, -0.2) is 0 Å². The first kappa shape index (κ1) is 14.6. The van der Waals surface area contributed by atoms with Crippen molar-refractivity contribution in [3.8, 4) is 0 Å². The number of amides is 2. The highest BCUT2D eigenvalue weighted by atomic mass is 16.3. The predicted molar refractivity (Wildman–Crippen MR) is 79.0 cm³/mol. The normalized spacial score (nSPS) is 12.2. The van der Waals surface area contributed by atoms with Gasteiger partial charge in [0.25, 0.3) is 0 Å². The zero-order chi connectivity index (χ0) is 15.1. The number of hydrogen-bond acceptors (Lipinski definition) is 3. The Hall–Kier alpha value is -2.82. The van der Waals surface area contributed by atoms with Crippen LogP contribution >= 0.6 is 0 Å². The lowest BCUT2D eigenvalue weighted by atomic mass is 10.1. The first-order chi connectivity index (χ1) is 10.1. The van der Waals surface area contributed by atoms with Gasteiger partial charge >= 0.3 is 0 Å². The molecule has 1 aromatic heterocycles. The van der Waals surface area contributed by atoms with Gasteiger partial charge in [0.05, 0.1) is 6.26 Å². The number of hydrogen-bond donors (Lipinski definition) is 2. The Balaban J connectivity index is 1.96. The summed E-state index contributed by atoms with van der Waals surface area (Å²) < 4.78 is 5.07. The second-order valence-corrected chi connectivity index (χ2v) is 4.50. The number of rotatable bonds is 6. The van der Waals surface area contributed by atoms with E-state index in [1.165, 1.54) is 18.4 Å². The largest absolute Gasteiger partial charge is 0.465 e. The maximum atomic E-state index is 11.8. The van der Waals surface area contributed by atoms with Crippen LogP contribution < -0.4 is 11.1 Å². The molecule has 0 fully saturated rings. The standard InChI is InChI=1S/C16H16N2O3/c17-16(20)14(11-12-5-2-1-3-6-12)18-15(19)9-8-13-7-4-10-21-13/h1-10,14H,11H2,(H2,17,20)(H,18,19)/b9-8+. The number of benzene rings is 1. The van der Waals surface area contributed by atoms with Gasteiger partial charge in [-0.15, -0.1) is 0 Å². The molecule has 1 atom stereocenters. The number of carbonyl (C=O) groups excluding carboxylic acids is 2. The minimum atomic E-state index is -0.749. The minimum Gasteiger partial charge on any atom is -0.465 e. The van der Waals surface area contributed by atoms with E-state index in [9.17, 15) is 9.59 Å². The molecule has 0 aliphatic rings. The highest BCUT2D eigenvalue weighted by Crippen LogP contribution is 2.04. The molecule has 108 valence electrons. The van der Waals surface area contributed by atoms with Crippen LogP contribution in [0.5, 0.6) is 0 Å². The third kappa shape index (κ3) is 4.65. The molecule has 0 saturated heterocycles. The maximum Gasteiger partial charge on any atom is 0.244 e. The molecule has 0 spiro atoms. The summed E-state index contributed by atoms with van der Waals surface area (Å²) in [6.07, 6.45) is 4.70. The molecule has 0 radical (unpaired) electrons. The van der Waals surface area contributed by atoms with Crippen molar-refractivity contribution < 1.29 is 14.0 Å². The van der Waals surface area contributed by atoms with Crippen LogP contribution in [0.25, 0.3) is 6.08 Å².